The van der Waals surface area contributed by atoms with E-state index in [9.17, 15) is 5.11 Å². The monoisotopic (exact) mass is 499 g/mol. The number of phenols is 1. The Labute approximate surface area is 184 Å². The summed E-state index contributed by atoms with van der Waals surface area (Å²) >= 11 is 0. The van der Waals surface area contributed by atoms with Crippen LogP contribution in [0.2, 0.25) is 0 Å². The maximum absolute atomic E-state index is 10.0. The Kier molecular flexibility index (Phi) is 10.5. The van der Waals surface area contributed by atoms with Crippen LogP contribution in [0, 0.1) is 6.92 Å². The number of nitrogens with zero attached hydrogens (tertiary/aromatic N) is 2. The molecule has 0 aromatic heterocycles. The number of ether oxygens (including phenoxy) is 2. The second kappa shape index (κ2) is 12.3. The van der Waals surface area contributed by atoms with Crippen molar-refractivity contribution in [2.45, 2.75) is 13.3 Å². The topological polar surface area (TPSA) is 66.3 Å². The molecule has 0 amide bonds. The van der Waals surface area contributed by atoms with Crippen LogP contribution in [0.3, 0.4) is 0 Å². The smallest absolute Gasteiger partial charge is 0.193 e. The predicted molar refractivity (Wildman–Crippen MR) is 124 cm³/mol. The minimum Gasteiger partial charge on any atom is -0.508 e. The van der Waals surface area contributed by atoms with Gasteiger partial charge in [-0.1, -0.05) is 23.8 Å². The second-order valence-corrected chi connectivity index (χ2v) is 6.30. The molecular formula is C21H30IN3O3. The Hall–Kier alpha value is -2.16. The number of aromatic hydroxyl groups is 1. The quantitative estimate of drug-likeness (QED) is 0.331. The molecule has 7 heteroatoms. The largest absolute Gasteiger partial charge is 0.508 e. The molecule has 0 unspecified atom stereocenters. The molecule has 2 N–H and O–H groups in total. The van der Waals surface area contributed by atoms with Crippen molar-refractivity contribution in [1.82, 2.24) is 10.2 Å². The van der Waals surface area contributed by atoms with Crippen molar-refractivity contribution in [2.24, 2.45) is 4.99 Å². The van der Waals surface area contributed by atoms with E-state index >= 15 is 0 Å². The molecule has 0 heterocycles. The van der Waals surface area contributed by atoms with E-state index in [0.717, 1.165) is 17.3 Å². The molecule has 0 saturated carbocycles. The summed E-state index contributed by atoms with van der Waals surface area (Å²) in [4.78, 5) is 6.32. The van der Waals surface area contributed by atoms with Crippen LogP contribution < -0.4 is 14.8 Å². The Bertz CT molecular complexity index is 751. The zero-order chi connectivity index (χ0) is 19.6. The van der Waals surface area contributed by atoms with Gasteiger partial charge in [-0.05, 0) is 37.1 Å². The molecule has 0 aliphatic carbocycles. The lowest BCUT2D eigenvalue weighted by Gasteiger charge is -2.22. The molecule has 2 aromatic carbocycles. The number of likely N-dealkylation sites (N-methyl/N-ethyl adjacent to an activating group) is 1. The molecular weight excluding hydrogens is 469 g/mol. The van der Waals surface area contributed by atoms with E-state index in [2.05, 4.69) is 17.2 Å². The van der Waals surface area contributed by atoms with Crippen LogP contribution in [0.5, 0.6) is 17.2 Å². The van der Waals surface area contributed by atoms with Crippen LogP contribution in [0.25, 0.3) is 0 Å². The van der Waals surface area contributed by atoms with Gasteiger partial charge in [-0.25, -0.2) is 0 Å². The van der Waals surface area contributed by atoms with Gasteiger partial charge in [0.15, 0.2) is 5.96 Å². The summed E-state index contributed by atoms with van der Waals surface area (Å²) in [6.07, 6.45) is 0.683. The van der Waals surface area contributed by atoms with Crippen molar-refractivity contribution in [2.75, 3.05) is 40.9 Å². The lowest BCUT2D eigenvalue weighted by atomic mass is 10.1. The predicted octanol–water partition coefficient (Wildman–Crippen LogP) is 3.46. The molecule has 2 rings (SSSR count). The fraction of sp³-hybridized carbons (Fsp3) is 0.381. The third-order valence-corrected chi connectivity index (χ3v) is 4.26. The van der Waals surface area contributed by atoms with Crippen LogP contribution in [-0.2, 0) is 6.42 Å². The van der Waals surface area contributed by atoms with E-state index in [0.29, 0.717) is 31.9 Å². The summed E-state index contributed by atoms with van der Waals surface area (Å²) < 4.78 is 10.9. The number of halogens is 1. The number of benzene rings is 2. The maximum Gasteiger partial charge on any atom is 0.193 e. The summed E-state index contributed by atoms with van der Waals surface area (Å²) in [5, 5.41) is 13.3. The lowest BCUT2D eigenvalue weighted by Crippen LogP contribution is -2.41. The maximum atomic E-state index is 10.0. The first-order valence-electron chi connectivity index (χ1n) is 9.00. The number of hydrogen-bond donors (Lipinski definition) is 2. The first-order valence-corrected chi connectivity index (χ1v) is 9.00. The van der Waals surface area contributed by atoms with Crippen molar-refractivity contribution >= 4 is 29.9 Å². The van der Waals surface area contributed by atoms with Gasteiger partial charge >= 0.3 is 0 Å². The van der Waals surface area contributed by atoms with Gasteiger partial charge in [-0.3, -0.25) is 4.99 Å². The fourth-order valence-corrected chi connectivity index (χ4v) is 2.62. The van der Waals surface area contributed by atoms with Gasteiger partial charge in [0.25, 0.3) is 0 Å². The number of methoxy groups -OCH3 is 1. The molecule has 6 nitrogen and oxygen atoms in total. The Morgan fingerprint density at radius 1 is 1.14 bits per heavy atom. The molecule has 28 heavy (non-hydrogen) atoms. The van der Waals surface area contributed by atoms with E-state index in [4.69, 9.17) is 9.47 Å². The first kappa shape index (κ1) is 23.9. The average Bonchev–Trinajstić information content (AvgIpc) is 2.67. The Morgan fingerprint density at radius 2 is 1.82 bits per heavy atom. The molecule has 0 aliphatic heterocycles. The van der Waals surface area contributed by atoms with Crippen LogP contribution >= 0.6 is 24.0 Å². The minimum absolute atomic E-state index is 0. The van der Waals surface area contributed by atoms with Gasteiger partial charge in [0, 0.05) is 26.7 Å². The van der Waals surface area contributed by atoms with Crippen LogP contribution in [0.15, 0.2) is 47.5 Å². The van der Waals surface area contributed by atoms with Crippen molar-refractivity contribution < 1.29 is 14.6 Å². The first-order chi connectivity index (χ1) is 13.0. The van der Waals surface area contributed by atoms with Crippen molar-refractivity contribution in [3.05, 3.63) is 53.6 Å². The van der Waals surface area contributed by atoms with Gasteiger partial charge in [0.1, 0.15) is 23.9 Å². The van der Waals surface area contributed by atoms with Gasteiger partial charge in [0.05, 0.1) is 13.7 Å². The normalized spacial score (nSPS) is 10.8. The number of aryl methyl sites for hydroxylation is 1. The molecule has 0 radical (unpaired) electrons. The average molecular weight is 499 g/mol. The molecule has 0 bridgehead atoms. The van der Waals surface area contributed by atoms with Gasteiger partial charge in [0.2, 0.25) is 0 Å². The molecule has 0 saturated heterocycles. The molecule has 0 fully saturated rings. The Morgan fingerprint density at radius 3 is 2.43 bits per heavy atom. The fourth-order valence-electron chi connectivity index (χ4n) is 2.62. The summed E-state index contributed by atoms with van der Waals surface area (Å²) in [7, 11) is 5.31. The number of rotatable bonds is 8. The summed E-state index contributed by atoms with van der Waals surface area (Å²) in [6.45, 7) is 4.00. The zero-order valence-electron chi connectivity index (χ0n) is 16.9. The van der Waals surface area contributed by atoms with E-state index in [1.807, 2.05) is 48.3 Å². The number of phenolic OH excluding ortho intramolecular Hbond substituents is 1. The van der Waals surface area contributed by atoms with E-state index in [-0.39, 0.29) is 29.7 Å². The van der Waals surface area contributed by atoms with Gasteiger partial charge in [-0.2, -0.15) is 0 Å². The summed E-state index contributed by atoms with van der Waals surface area (Å²) in [6, 6.07) is 13.4. The second-order valence-electron chi connectivity index (χ2n) is 6.30. The third kappa shape index (κ3) is 7.46. The zero-order valence-corrected chi connectivity index (χ0v) is 19.3. The van der Waals surface area contributed by atoms with E-state index < -0.39 is 0 Å². The Balaban J connectivity index is 0.00000392. The van der Waals surface area contributed by atoms with E-state index in [1.165, 1.54) is 5.56 Å². The molecule has 0 spiro atoms. The van der Waals surface area contributed by atoms with E-state index in [1.54, 1.807) is 20.2 Å². The number of hydrogen-bond acceptors (Lipinski definition) is 4. The number of guanidine groups is 1. The van der Waals surface area contributed by atoms with Crippen molar-refractivity contribution in [3.63, 3.8) is 0 Å². The summed E-state index contributed by atoms with van der Waals surface area (Å²) in [5.41, 5.74) is 2.08. The number of aliphatic imine (C=N–C) groups is 1. The lowest BCUT2D eigenvalue weighted by molar-refractivity contribution is 0.281. The third-order valence-electron chi connectivity index (χ3n) is 4.26. The SMILES string of the molecule is CN=C(NCCc1ccc(OC)cc1O)N(C)CCOc1ccc(C)cc1.I. The van der Waals surface area contributed by atoms with Gasteiger partial charge < -0.3 is 24.8 Å². The molecule has 2 aromatic rings. The highest BCUT2D eigenvalue weighted by Gasteiger charge is 2.07. The standard InChI is InChI=1S/C21H29N3O3.HI/c1-16-5-8-18(9-6-16)27-14-13-24(3)21(22-2)23-12-11-17-7-10-19(26-4)15-20(17)25;/h5-10,15,25H,11-14H2,1-4H3,(H,22,23);1H. The van der Waals surface area contributed by atoms with Crippen molar-refractivity contribution in [3.8, 4) is 17.2 Å². The molecule has 0 aliphatic rings. The highest BCUT2D eigenvalue weighted by Crippen LogP contribution is 2.23. The van der Waals surface area contributed by atoms with Crippen LogP contribution in [0.1, 0.15) is 11.1 Å². The minimum atomic E-state index is 0. The highest BCUT2D eigenvalue weighted by molar-refractivity contribution is 14.0. The highest BCUT2D eigenvalue weighted by atomic mass is 127. The van der Waals surface area contributed by atoms with Crippen molar-refractivity contribution in [1.29, 1.82) is 0 Å². The molecule has 0 atom stereocenters. The summed E-state index contributed by atoms with van der Waals surface area (Å²) in [5.74, 6) is 2.54. The molecule has 154 valence electrons. The van der Waals surface area contributed by atoms with Crippen LogP contribution in [0.4, 0.5) is 0 Å². The van der Waals surface area contributed by atoms with Gasteiger partial charge in [-0.15, -0.1) is 24.0 Å². The van der Waals surface area contributed by atoms with Crippen LogP contribution in [-0.4, -0.2) is 56.9 Å². The number of nitrogens with one attached hydrogen (secondary N) is 1.